The van der Waals surface area contributed by atoms with Gasteiger partial charge in [0.15, 0.2) is 0 Å². The van der Waals surface area contributed by atoms with Crippen molar-refractivity contribution in [3.8, 4) is 0 Å². The second-order valence-corrected chi connectivity index (χ2v) is 7.35. The topological polar surface area (TPSA) is 50.6 Å². The van der Waals surface area contributed by atoms with Gasteiger partial charge in [-0.2, -0.15) is 0 Å². The van der Waals surface area contributed by atoms with Gasteiger partial charge < -0.3 is 14.2 Å². The quantitative estimate of drug-likeness (QED) is 0.840. The first kappa shape index (κ1) is 17.2. The van der Waals surface area contributed by atoms with Crippen LogP contribution in [0.25, 0.3) is 0 Å². The zero-order valence-electron chi connectivity index (χ0n) is 15.4. The third-order valence-corrected chi connectivity index (χ3v) is 5.80. The molecule has 2 aliphatic heterocycles. The second kappa shape index (κ2) is 7.21. The normalized spacial score (nSPS) is 26.1. The van der Waals surface area contributed by atoms with Gasteiger partial charge in [-0.3, -0.25) is 14.7 Å². The lowest BCUT2D eigenvalue weighted by atomic mass is 9.88. The molecule has 6 nitrogen and oxygen atoms in total. The molecule has 26 heavy (non-hydrogen) atoms. The van der Waals surface area contributed by atoms with E-state index >= 15 is 0 Å². The molecule has 0 unspecified atom stereocenters. The van der Waals surface area contributed by atoms with Crippen LogP contribution in [0.3, 0.4) is 0 Å². The highest BCUT2D eigenvalue weighted by Crippen LogP contribution is 2.34. The van der Waals surface area contributed by atoms with Crippen molar-refractivity contribution >= 4 is 5.91 Å². The predicted octanol–water partition coefficient (Wildman–Crippen LogP) is 1.78. The molecule has 0 bridgehead atoms. The fourth-order valence-electron chi connectivity index (χ4n) is 4.49. The molecule has 0 aliphatic carbocycles. The van der Waals surface area contributed by atoms with Gasteiger partial charge in [0.2, 0.25) is 0 Å². The number of aromatic nitrogens is 2. The van der Waals surface area contributed by atoms with Crippen molar-refractivity contribution in [2.75, 3.05) is 26.7 Å². The van der Waals surface area contributed by atoms with E-state index < -0.39 is 0 Å². The monoisotopic (exact) mass is 354 g/mol. The summed E-state index contributed by atoms with van der Waals surface area (Å²) in [4.78, 5) is 21.8. The first-order chi connectivity index (χ1) is 12.7. The van der Waals surface area contributed by atoms with E-state index in [4.69, 9.17) is 4.74 Å². The molecule has 0 aromatic carbocycles. The molecular formula is C20H26N4O2. The average molecular weight is 354 g/mol. The Morgan fingerprint density at radius 1 is 1.31 bits per heavy atom. The number of fused-ring (bicyclic) bond motifs is 1. The van der Waals surface area contributed by atoms with Crippen molar-refractivity contribution in [1.82, 2.24) is 19.4 Å². The molecule has 2 aliphatic rings. The number of hydrogen-bond acceptors (Lipinski definition) is 4. The van der Waals surface area contributed by atoms with Gasteiger partial charge in [0.25, 0.3) is 5.91 Å². The molecule has 0 saturated carbocycles. The van der Waals surface area contributed by atoms with Gasteiger partial charge in [0.05, 0.1) is 12.1 Å². The van der Waals surface area contributed by atoms with E-state index in [0.29, 0.717) is 5.92 Å². The fourth-order valence-corrected chi connectivity index (χ4v) is 4.49. The lowest BCUT2D eigenvalue weighted by Crippen LogP contribution is -2.53. The van der Waals surface area contributed by atoms with Gasteiger partial charge in [-0.15, -0.1) is 0 Å². The Hall–Kier alpha value is -2.18. The Kier molecular flexibility index (Phi) is 4.78. The first-order valence-electron chi connectivity index (χ1n) is 9.23. The lowest BCUT2D eigenvalue weighted by Gasteiger charge is -2.41. The summed E-state index contributed by atoms with van der Waals surface area (Å²) in [6.45, 7) is 3.46. The standard InChI is InChI=1S/C20H26N4O2/c1-22-9-4-6-17(22)20(25)24-10-7-19(26-2)16-13-23(14-18(16)24)12-15-5-3-8-21-11-15/h3-6,8-9,11,16,18-19H,7,10,12-14H2,1-2H3/t16-,18+,19-/m1/s1. The number of amides is 1. The highest BCUT2D eigenvalue weighted by atomic mass is 16.5. The number of likely N-dealkylation sites (tertiary alicyclic amines) is 2. The SMILES string of the molecule is CO[C@@H]1CCN(C(=O)c2cccn2C)[C@H]2CN(Cc3cccnc3)C[C@@H]12. The fraction of sp³-hybridized carbons (Fsp3) is 0.500. The van der Waals surface area contributed by atoms with E-state index in [-0.39, 0.29) is 18.1 Å². The minimum Gasteiger partial charge on any atom is -0.381 e. The van der Waals surface area contributed by atoms with Gasteiger partial charge in [-0.25, -0.2) is 0 Å². The van der Waals surface area contributed by atoms with Gasteiger partial charge in [-0.1, -0.05) is 6.07 Å². The van der Waals surface area contributed by atoms with Crippen molar-refractivity contribution in [3.05, 3.63) is 54.1 Å². The maximum absolute atomic E-state index is 13.1. The summed E-state index contributed by atoms with van der Waals surface area (Å²) in [7, 11) is 3.72. The van der Waals surface area contributed by atoms with E-state index in [2.05, 4.69) is 20.9 Å². The van der Waals surface area contributed by atoms with E-state index in [1.165, 1.54) is 5.56 Å². The minimum atomic E-state index is 0.130. The third-order valence-electron chi connectivity index (χ3n) is 5.80. The van der Waals surface area contributed by atoms with E-state index in [9.17, 15) is 4.79 Å². The number of pyridine rings is 1. The van der Waals surface area contributed by atoms with Crippen LogP contribution in [0.4, 0.5) is 0 Å². The van der Waals surface area contributed by atoms with Crippen LogP contribution in [0.1, 0.15) is 22.5 Å². The number of nitrogens with zero attached hydrogens (tertiary/aromatic N) is 4. The molecule has 2 saturated heterocycles. The summed E-state index contributed by atoms with van der Waals surface area (Å²) >= 11 is 0. The van der Waals surface area contributed by atoms with Gasteiger partial charge >= 0.3 is 0 Å². The molecule has 1 amide bonds. The van der Waals surface area contributed by atoms with Crippen LogP contribution in [0.15, 0.2) is 42.9 Å². The summed E-state index contributed by atoms with van der Waals surface area (Å²) in [6.07, 6.45) is 6.76. The summed E-state index contributed by atoms with van der Waals surface area (Å²) in [6, 6.07) is 8.11. The molecule has 0 N–H and O–H groups in total. The highest BCUT2D eigenvalue weighted by Gasteiger charge is 2.46. The number of carbonyl (C=O) groups excluding carboxylic acids is 1. The molecule has 2 aromatic rings. The van der Waals surface area contributed by atoms with Gasteiger partial charge in [0.1, 0.15) is 5.69 Å². The summed E-state index contributed by atoms with van der Waals surface area (Å²) in [5.41, 5.74) is 1.96. The Bertz CT molecular complexity index is 760. The smallest absolute Gasteiger partial charge is 0.270 e. The van der Waals surface area contributed by atoms with Crippen LogP contribution >= 0.6 is 0 Å². The maximum atomic E-state index is 13.1. The molecule has 4 rings (SSSR count). The van der Waals surface area contributed by atoms with Gasteiger partial charge in [-0.05, 0) is 30.2 Å². The number of aryl methyl sites for hydroxylation is 1. The molecule has 138 valence electrons. The molecule has 4 heterocycles. The molecule has 3 atom stereocenters. The average Bonchev–Trinajstić information content (AvgIpc) is 3.27. The summed E-state index contributed by atoms with van der Waals surface area (Å²) < 4.78 is 7.67. The largest absolute Gasteiger partial charge is 0.381 e. The Morgan fingerprint density at radius 2 is 2.19 bits per heavy atom. The molecular weight excluding hydrogens is 328 g/mol. The van der Waals surface area contributed by atoms with Crippen molar-refractivity contribution in [2.45, 2.75) is 25.1 Å². The van der Waals surface area contributed by atoms with Crippen LogP contribution in [0.2, 0.25) is 0 Å². The number of carbonyl (C=O) groups is 1. The highest BCUT2D eigenvalue weighted by molar-refractivity contribution is 5.93. The van der Waals surface area contributed by atoms with Gasteiger partial charge in [0, 0.05) is 64.8 Å². The van der Waals surface area contributed by atoms with E-state index in [1.54, 1.807) is 13.3 Å². The number of rotatable bonds is 4. The minimum absolute atomic E-state index is 0.130. The number of ether oxygens (including phenoxy) is 1. The maximum Gasteiger partial charge on any atom is 0.270 e. The van der Waals surface area contributed by atoms with Crippen LogP contribution in [0.5, 0.6) is 0 Å². The van der Waals surface area contributed by atoms with E-state index in [1.807, 2.05) is 42.2 Å². The zero-order valence-corrected chi connectivity index (χ0v) is 15.4. The first-order valence-corrected chi connectivity index (χ1v) is 9.23. The Labute approximate surface area is 154 Å². The number of methoxy groups -OCH3 is 1. The Morgan fingerprint density at radius 3 is 2.88 bits per heavy atom. The van der Waals surface area contributed by atoms with Crippen molar-refractivity contribution < 1.29 is 9.53 Å². The van der Waals surface area contributed by atoms with Crippen molar-refractivity contribution in [1.29, 1.82) is 0 Å². The molecule has 2 fully saturated rings. The molecule has 0 radical (unpaired) electrons. The summed E-state index contributed by atoms with van der Waals surface area (Å²) in [5.74, 6) is 0.486. The zero-order chi connectivity index (χ0) is 18.1. The van der Waals surface area contributed by atoms with Crippen molar-refractivity contribution in [2.24, 2.45) is 13.0 Å². The number of hydrogen-bond donors (Lipinski definition) is 0. The van der Waals surface area contributed by atoms with Crippen LogP contribution in [0, 0.1) is 5.92 Å². The van der Waals surface area contributed by atoms with E-state index in [0.717, 1.165) is 38.3 Å². The second-order valence-electron chi connectivity index (χ2n) is 7.35. The van der Waals surface area contributed by atoms with Crippen molar-refractivity contribution in [3.63, 3.8) is 0 Å². The van der Waals surface area contributed by atoms with Crippen LogP contribution < -0.4 is 0 Å². The summed E-state index contributed by atoms with van der Waals surface area (Å²) in [5, 5.41) is 0. The third kappa shape index (κ3) is 3.15. The lowest BCUT2D eigenvalue weighted by molar-refractivity contribution is -0.0159. The Balaban J connectivity index is 1.54. The molecule has 0 spiro atoms. The molecule has 6 heteroatoms. The van der Waals surface area contributed by atoms with Crippen LogP contribution in [-0.4, -0.2) is 64.1 Å². The number of piperidine rings is 1. The molecule has 2 aromatic heterocycles. The predicted molar refractivity (Wildman–Crippen MR) is 98.7 cm³/mol. The van der Waals surface area contributed by atoms with Crippen LogP contribution in [-0.2, 0) is 18.3 Å².